The van der Waals surface area contributed by atoms with Gasteiger partial charge in [-0.05, 0) is 30.2 Å². The maximum Gasteiger partial charge on any atom is 0.144 e. The summed E-state index contributed by atoms with van der Waals surface area (Å²) in [5.74, 6) is 0.794. The number of ether oxygens (including phenoxy) is 1. The molecule has 0 fully saturated rings. The first kappa shape index (κ1) is 12.4. The Morgan fingerprint density at radius 3 is 2.94 bits per heavy atom. The third kappa shape index (κ3) is 2.97. The van der Waals surface area contributed by atoms with Gasteiger partial charge >= 0.3 is 0 Å². The van der Waals surface area contributed by atoms with Crippen LogP contribution in [-0.2, 0) is 13.5 Å². The Morgan fingerprint density at radius 2 is 2.28 bits per heavy atom. The molecule has 0 unspecified atom stereocenters. The molecule has 0 radical (unpaired) electrons. The maximum atomic E-state index is 5.28. The monoisotopic (exact) mass is 243 g/mol. The lowest BCUT2D eigenvalue weighted by Gasteiger charge is -2.04. The SMILES string of the molecule is COc1ccc(C)cc1N=CCc1cnn(C)c1. The molecule has 1 aromatic carbocycles. The minimum absolute atomic E-state index is 0.769. The summed E-state index contributed by atoms with van der Waals surface area (Å²) in [5, 5.41) is 4.12. The number of methoxy groups -OCH3 is 1. The van der Waals surface area contributed by atoms with Crippen molar-refractivity contribution in [3.63, 3.8) is 0 Å². The number of hydrogen-bond donors (Lipinski definition) is 0. The quantitative estimate of drug-likeness (QED) is 0.774. The van der Waals surface area contributed by atoms with E-state index in [0.717, 1.165) is 23.4 Å². The predicted octanol–water partition coefficient (Wildman–Crippen LogP) is 2.68. The van der Waals surface area contributed by atoms with E-state index in [-0.39, 0.29) is 0 Å². The largest absolute Gasteiger partial charge is 0.494 e. The molecular formula is C14H17N3O. The van der Waals surface area contributed by atoms with Crippen molar-refractivity contribution >= 4 is 11.9 Å². The highest BCUT2D eigenvalue weighted by Gasteiger charge is 2.00. The van der Waals surface area contributed by atoms with E-state index in [1.807, 2.05) is 50.8 Å². The fourth-order valence-corrected chi connectivity index (χ4v) is 1.73. The van der Waals surface area contributed by atoms with E-state index in [4.69, 9.17) is 4.74 Å². The summed E-state index contributed by atoms with van der Waals surface area (Å²) in [6, 6.07) is 5.96. The topological polar surface area (TPSA) is 39.4 Å². The number of hydrogen-bond acceptors (Lipinski definition) is 3. The number of rotatable bonds is 4. The zero-order chi connectivity index (χ0) is 13.0. The van der Waals surface area contributed by atoms with Crippen LogP contribution in [0.2, 0.25) is 0 Å². The van der Waals surface area contributed by atoms with E-state index in [0.29, 0.717) is 0 Å². The molecule has 94 valence electrons. The zero-order valence-electron chi connectivity index (χ0n) is 10.9. The van der Waals surface area contributed by atoms with Gasteiger partial charge in [-0.2, -0.15) is 5.10 Å². The lowest BCUT2D eigenvalue weighted by molar-refractivity contribution is 0.416. The number of aromatic nitrogens is 2. The second-order valence-corrected chi connectivity index (χ2v) is 4.21. The Kier molecular flexibility index (Phi) is 3.77. The van der Waals surface area contributed by atoms with Crippen LogP contribution in [-0.4, -0.2) is 23.1 Å². The minimum atomic E-state index is 0.769. The average molecular weight is 243 g/mol. The van der Waals surface area contributed by atoms with Gasteiger partial charge in [-0.3, -0.25) is 9.67 Å². The van der Waals surface area contributed by atoms with Gasteiger partial charge in [-0.25, -0.2) is 0 Å². The van der Waals surface area contributed by atoms with Crippen molar-refractivity contribution in [3.8, 4) is 5.75 Å². The first-order chi connectivity index (χ1) is 8.69. The fraction of sp³-hybridized carbons (Fsp3) is 0.286. The van der Waals surface area contributed by atoms with Gasteiger partial charge in [-0.1, -0.05) is 6.07 Å². The standard InChI is InChI=1S/C14H17N3O/c1-11-4-5-14(18-3)13(8-11)15-7-6-12-9-16-17(2)10-12/h4-5,7-10H,6H2,1-3H3. The zero-order valence-corrected chi connectivity index (χ0v) is 10.9. The molecule has 2 rings (SSSR count). The van der Waals surface area contributed by atoms with E-state index >= 15 is 0 Å². The van der Waals surface area contributed by atoms with Gasteiger partial charge in [0.1, 0.15) is 11.4 Å². The molecule has 0 N–H and O–H groups in total. The van der Waals surface area contributed by atoms with Gasteiger partial charge in [-0.15, -0.1) is 0 Å². The fourth-order valence-electron chi connectivity index (χ4n) is 1.73. The lowest BCUT2D eigenvalue weighted by atomic mass is 10.2. The average Bonchev–Trinajstić information content (AvgIpc) is 2.75. The van der Waals surface area contributed by atoms with Crippen LogP contribution in [0.15, 0.2) is 35.6 Å². The summed E-state index contributed by atoms with van der Waals surface area (Å²) < 4.78 is 7.07. The molecule has 1 heterocycles. The molecule has 18 heavy (non-hydrogen) atoms. The molecule has 0 aliphatic heterocycles. The highest BCUT2D eigenvalue weighted by molar-refractivity contribution is 5.68. The first-order valence-electron chi connectivity index (χ1n) is 5.83. The van der Waals surface area contributed by atoms with E-state index in [9.17, 15) is 0 Å². The van der Waals surface area contributed by atoms with Gasteiger partial charge in [0.25, 0.3) is 0 Å². The van der Waals surface area contributed by atoms with Crippen molar-refractivity contribution in [1.82, 2.24) is 9.78 Å². The van der Waals surface area contributed by atoms with Crippen molar-refractivity contribution in [2.75, 3.05) is 7.11 Å². The van der Waals surface area contributed by atoms with Crippen LogP contribution >= 0.6 is 0 Å². The first-order valence-corrected chi connectivity index (χ1v) is 5.83. The number of aryl methyl sites for hydroxylation is 2. The normalized spacial score (nSPS) is 11.1. The van der Waals surface area contributed by atoms with Crippen molar-refractivity contribution < 1.29 is 4.74 Å². The van der Waals surface area contributed by atoms with Crippen molar-refractivity contribution in [3.05, 3.63) is 41.7 Å². The second kappa shape index (κ2) is 5.49. The van der Waals surface area contributed by atoms with E-state index in [1.165, 1.54) is 5.56 Å². The third-order valence-corrected chi connectivity index (χ3v) is 2.65. The molecule has 0 amide bonds. The van der Waals surface area contributed by atoms with Gasteiger partial charge in [0.2, 0.25) is 0 Å². The van der Waals surface area contributed by atoms with Crippen LogP contribution in [0.1, 0.15) is 11.1 Å². The minimum Gasteiger partial charge on any atom is -0.494 e. The molecule has 2 aromatic rings. The van der Waals surface area contributed by atoms with Gasteiger partial charge in [0.15, 0.2) is 0 Å². The predicted molar refractivity (Wildman–Crippen MR) is 72.8 cm³/mol. The van der Waals surface area contributed by atoms with Gasteiger partial charge in [0, 0.05) is 25.9 Å². The molecule has 1 aromatic heterocycles. The summed E-state index contributed by atoms with van der Waals surface area (Å²) in [4.78, 5) is 4.46. The number of nitrogens with zero attached hydrogens (tertiary/aromatic N) is 3. The third-order valence-electron chi connectivity index (χ3n) is 2.65. The summed E-state index contributed by atoms with van der Waals surface area (Å²) in [6.07, 6.45) is 6.48. The van der Waals surface area contributed by atoms with Gasteiger partial charge in [0.05, 0.1) is 13.3 Å². The number of aliphatic imine (C=N–C) groups is 1. The smallest absolute Gasteiger partial charge is 0.144 e. The lowest BCUT2D eigenvalue weighted by Crippen LogP contribution is -1.87. The molecule has 0 saturated carbocycles. The van der Waals surface area contributed by atoms with Crippen LogP contribution in [0, 0.1) is 6.92 Å². The van der Waals surface area contributed by atoms with Crippen molar-refractivity contribution in [1.29, 1.82) is 0 Å². The summed E-state index contributed by atoms with van der Waals surface area (Å²) in [7, 11) is 3.56. The molecule has 0 bridgehead atoms. The van der Waals surface area contributed by atoms with E-state index < -0.39 is 0 Å². The highest BCUT2D eigenvalue weighted by atomic mass is 16.5. The van der Waals surface area contributed by atoms with Crippen LogP contribution in [0.25, 0.3) is 0 Å². The maximum absolute atomic E-state index is 5.28. The number of benzene rings is 1. The molecule has 0 aliphatic rings. The van der Waals surface area contributed by atoms with E-state index in [2.05, 4.69) is 10.1 Å². The Balaban J connectivity index is 2.11. The second-order valence-electron chi connectivity index (χ2n) is 4.21. The van der Waals surface area contributed by atoms with Crippen LogP contribution in [0.5, 0.6) is 5.75 Å². The summed E-state index contributed by atoms with van der Waals surface area (Å²) >= 11 is 0. The Bertz CT molecular complexity index is 558. The molecule has 0 aliphatic carbocycles. The molecule has 0 spiro atoms. The molecule has 4 nitrogen and oxygen atoms in total. The van der Waals surface area contributed by atoms with Gasteiger partial charge < -0.3 is 4.74 Å². The Morgan fingerprint density at radius 1 is 1.44 bits per heavy atom. The van der Waals surface area contributed by atoms with Crippen LogP contribution in [0.4, 0.5) is 5.69 Å². The van der Waals surface area contributed by atoms with Crippen molar-refractivity contribution in [2.45, 2.75) is 13.3 Å². The van der Waals surface area contributed by atoms with Crippen LogP contribution < -0.4 is 4.74 Å². The van der Waals surface area contributed by atoms with Crippen LogP contribution in [0.3, 0.4) is 0 Å². The molecular weight excluding hydrogens is 226 g/mol. The molecule has 0 atom stereocenters. The summed E-state index contributed by atoms with van der Waals surface area (Å²) in [6.45, 7) is 2.04. The summed E-state index contributed by atoms with van der Waals surface area (Å²) in [5.41, 5.74) is 3.18. The molecule has 0 saturated heterocycles. The van der Waals surface area contributed by atoms with E-state index in [1.54, 1.807) is 11.8 Å². The highest BCUT2D eigenvalue weighted by Crippen LogP contribution is 2.27. The van der Waals surface area contributed by atoms with Crippen molar-refractivity contribution in [2.24, 2.45) is 12.0 Å². The Labute approximate surface area is 107 Å². The molecule has 4 heteroatoms. The Hall–Kier alpha value is -2.10.